The minimum absolute atomic E-state index is 0.191. The molecule has 1 atom stereocenters. The summed E-state index contributed by atoms with van der Waals surface area (Å²) in [4.78, 5) is 19.5. The van der Waals surface area contributed by atoms with Crippen LogP contribution < -0.4 is 0 Å². The lowest BCUT2D eigenvalue weighted by molar-refractivity contribution is 0.0330. The molecule has 2 aliphatic heterocycles. The summed E-state index contributed by atoms with van der Waals surface area (Å²) in [6.45, 7) is 7.82. The number of ether oxygens (including phenoxy) is 1. The first-order valence-corrected chi connectivity index (χ1v) is 11.3. The van der Waals surface area contributed by atoms with E-state index in [1.807, 2.05) is 21.9 Å². The van der Waals surface area contributed by atoms with Gasteiger partial charge in [0.25, 0.3) is 0 Å². The summed E-state index contributed by atoms with van der Waals surface area (Å²) in [5.74, 6) is 0.376. The van der Waals surface area contributed by atoms with Gasteiger partial charge in [-0.3, -0.25) is 4.90 Å². The van der Waals surface area contributed by atoms with Crippen LogP contribution in [0.3, 0.4) is 0 Å². The molecule has 2 fully saturated rings. The Hall–Kier alpha value is -1.79. The average molecular weight is 402 g/mol. The molecule has 6 heteroatoms. The summed E-state index contributed by atoms with van der Waals surface area (Å²) in [6, 6.07) is 7.12. The number of piperidine rings is 1. The zero-order valence-electron chi connectivity index (χ0n) is 17.7. The van der Waals surface area contributed by atoms with Crippen LogP contribution in [0.15, 0.2) is 18.2 Å². The van der Waals surface area contributed by atoms with E-state index in [1.165, 1.54) is 17.5 Å². The number of nitrogens with zero attached hydrogens (tertiary/aromatic N) is 3. The molecule has 0 radical (unpaired) electrons. The maximum atomic E-state index is 12.8. The van der Waals surface area contributed by atoms with Crippen LogP contribution in [0.4, 0.5) is 4.79 Å². The summed E-state index contributed by atoms with van der Waals surface area (Å²) < 4.78 is 5.38. The fourth-order valence-electron chi connectivity index (χ4n) is 5.27. The molecule has 0 spiro atoms. The fraction of sp³-hybridized carbons (Fsp3) is 0.696. The number of urea groups is 1. The lowest BCUT2D eigenvalue weighted by atomic mass is 9.86. The van der Waals surface area contributed by atoms with E-state index >= 15 is 0 Å². The van der Waals surface area contributed by atoms with Crippen LogP contribution in [-0.2, 0) is 17.6 Å². The van der Waals surface area contributed by atoms with E-state index in [-0.39, 0.29) is 6.03 Å². The van der Waals surface area contributed by atoms with Crippen molar-refractivity contribution in [1.29, 1.82) is 0 Å². The number of aryl methyl sites for hydroxylation is 1. The lowest BCUT2D eigenvalue weighted by Crippen LogP contribution is -2.54. The van der Waals surface area contributed by atoms with Gasteiger partial charge in [0.1, 0.15) is 5.75 Å². The SMILES string of the molecule is CCCN(C1CCN(C(=O)N2CCOCC2)CC1)C1CCc2ccc(O)cc2C1. The molecule has 0 bridgehead atoms. The third-order valence-electron chi connectivity index (χ3n) is 6.83. The van der Waals surface area contributed by atoms with Gasteiger partial charge < -0.3 is 19.6 Å². The number of likely N-dealkylation sites (tertiary alicyclic amines) is 1. The Balaban J connectivity index is 1.37. The Bertz CT molecular complexity index is 697. The number of fused-ring (bicyclic) bond motifs is 1. The number of morpholine rings is 1. The molecule has 3 aliphatic rings. The van der Waals surface area contributed by atoms with Crippen molar-refractivity contribution in [3.63, 3.8) is 0 Å². The summed E-state index contributed by atoms with van der Waals surface area (Å²) in [5, 5.41) is 9.89. The first-order chi connectivity index (χ1) is 14.2. The zero-order valence-corrected chi connectivity index (χ0v) is 17.7. The van der Waals surface area contributed by atoms with Crippen LogP contribution in [-0.4, -0.2) is 83.9 Å². The average Bonchev–Trinajstić information content (AvgIpc) is 2.77. The summed E-state index contributed by atoms with van der Waals surface area (Å²) in [7, 11) is 0. The number of hydrogen-bond acceptors (Lipinski definition) is 4. The highest BCUT2D eigenvalue weighted by molar-refractivity contribution is 5.74. The molecule has 1 N–H and O–H groups in total. The van der Waals surface area contributed by atoms with Crippen LogP contribution in [0.5, 0.6) is 5.75 Å². The van der Waals surface area contributed by atoms with E-state index in [0.29, 0.717) is 31.0 Å². The largest absolute Gasteiger partial charge is 0.508 e. The number of aromatic hydroxyl groups is 1. The first kappa shape index (κ1) is 20.5. The molecular formula is C23H35N3O3. The number of phenols is 1. The second kappa shape index (κ2) is 9.35. The van der Waals surface area contributed by atoms with Gasteiger partial charge in [-0.2, -0.15) is 0 Å². The number of carbonyl (C=O) groups is 1. The molecule has 1 aliphatic carbocycles. The molecule has 1 aromatic rings. The fourth-order valence-corrected chi connectivity index (χ4v) is 5.27. The Morgan fingerprint density at radius 3 is 2.52 bits per heavy atom. The van der Waals surface area contributed by atoms with Crippen molar-refractivity contribution < 1.29 is 14.6 Å². The summed E-state index contributed by atoms with van der Waals surface area (Å²) in [6.07, 6.45) is 6.56. The van der Waals surface area contributed by atoms with Crippen LogP contribution in [0.1, 0.15) is 43.7 Å². The smallest absolute Gasteiger partial charge is 0.320 e. The predicted octanol–water partition coefficient (Wildman–Crippen LogP) is 2.88. The van der Waals surface area contributed by atoms with Crippen LogP contribution in [0.2, 0.25) is 0 Å². The molecule has 160 valence electrons. The number of benzene rings is 1. The second-order valence-corrected chi connectivity index (χ2v) is 8.69. The van der Waals surface area contributed by atoms with Crippen molar-refractivity contribution >= 4 is 6.03 Å². The monoisotopic (exact) mass is 401 g/mol. The van der Waals surface area contributed by atoms with Crippen LogP contribution in [0.25, 0.3) is 0 Å². The van der Waals surface area contributed by atoms with Gasteiger partial charge in [0.05, 0.1) is 13.2 Å². The van der Waals surface area contributed by atoms with Gasteiger partial charge in [-0.15, -0.1) is 0 Å². The van der Waals surface area contributed by atoms with Crippen molar-refractivity contribution in [3.8, 4) is 5.75 Å². The molecule has 0 aromatic heterocycles. The molecule has 1 aromatic carbocycles. The topological polar surface area (TPSA) is 56.2 Å². The van der Waals surface area contributed by atoms with E-state index < -0.39 is 0 Å². The highest BCUT2D eigenvalue weighted by Gasteiger charge is 2.33. The molecule has 2 saturated heterocycles. The van der Waals surface area contributed by atoms with Gasteiger partial charge in [-0.25, -0.2) is 4.79 Å². The summed E-state index contributed by atoms with van der Waals surface area (Å²) in [5.41, 5.74) is 2.70. The van der Waals surface area contributed by atoms with Gasteiger partial charge in [0.2, 0.25) is 0 Å². The first-order valence-electron chi connectivity index (χ1n) is 11.3. The number of phenolic OH excluding ortho intramolecular Hbond substituents is 1. The maximum Gasteiger partial charge on any atom is 0.320 e. The quantitative estimate of drug-likeness (QED) is 0.843. The van der Waals surface area contributed by atoms with E-state index in [4.69, 9.17) is 4.74 Å². The Labute approximate surface area is 174 Å². The summed E-state index contributed by atoms with van der Waals surface area (Å²) >= 11 is 0. The number of carbonyl (C=O) groups excluding carboxylic acids is 1. The van der Waals surface area contributed by atoms with E-state index in [9.17, 15) is 9.90 Å². The Morgan fingerprint density at radius 1 is 1.07 bits per heavy atom. The van der Waals surface area contributed by atoms with Crippen molar-refractivity contribution in [2.45, 2.75) is 57.5 Å². The molecular weight excluding hydrogens is 366 g/mol. The minimum Gasteiger partial charge on any atom is -0.508 e. The number of hydrogen-bond donors (Lipinski definition) is 1. The van der Waals surface area contributed by atoms with E-state index in [2.05, 4.69) is 17.9 Å². The predicted molar refractivity (Wildman–Crippen MR) is 113 cm³/mol. The van der Waals surface area contributed by atoms with Crippen molar-refractivity contribution in [2.75, 3.05) is 45.9 Å². The highest BCUT2D eigenvalue weighted by Crippen LogP contribution is 2.30. The van der Waals surface area contributed by atoms with Gasteiger partial charge in [0.15, 0.2) is 0 Å². The molecule has 1 unspecified atom stereocenters. The van der Waals surface area contributed by atoms with E-state index in [1.54, 1.807) is 0 Å². The van der Waals surface area contributed by atoms with Crippen molar-refractivity contribution in [1.82, 2.24) is 14.7 Å². The molecule has 0 saturated carbocycles. The second-order valence-electron chi connectivity index (χ2n) is 8.69. The van der Waals surface area contributed by atoms with Gasteiger partial charge in [-0.05, 0) is 68.3 Å². The van der Waals surface area contributed by atoms with Crippen molar-refractivity contribution in [2.24, 2.45) is 0 Å². The van der Waals surface area contributed by atoms with Crippen LogP contribution >= 0.6 is 0 Å². The number of amides is 2. The number of rotatable bonds is 4. The maximum absolute atomic E-state index is 12.8. The zero-order chi connectivity index (χ0) is 20.2. The third kappa shape index (κ3) is 4.69. The molecule has 29 heavy (non-hydrogen) atoms. The molecule has 2 amide bonds. The minimum atomic E-state index is 0.191. The van der Waals surface area contributed by atoms with Gasteiger partial charge in [0, 0.05) is 38.3 Å². The molecule has 2 heterocycles. The Kier molecular flexibility index (Phi) is 6.60. The normalized spacial score (nSPS) is 23.3. The third-order valence-corrected chi connectivity index (χ3v) is 6.83. The molecule has 6 nitrogen and oxygen atoms in total. The van der Waals surface area contributed by atoms with Crippen LogP contribution in [0, 0.1) is 0 Å². The Morgan fingerprint density at radius 2 is 1.79 bits per heavy atom. The molecule has 4 rings (SSSR count). The van der Waals surface area contributed by atoms with Gasteiger partial charge in [-0.1, -0.05) is 13.0 Å². The van der Waals surface area contributed by atoms with Gasteiger partial charge >= 0.3 is 6.03 Å². The van der Waals surface area contributed by atoms with Crippen molar-refractivity contribution in [3.05, 3.63) is 29.3 Å². The lowest BCUT2D eigenvalue weighted by Gasteiger charge is -2.44. The standard InChI is InChI=1S/C23H35N3O3/c1-2-9-26(21-5-3-18-4-6-22(27)17-19(18)16-21)20-7-10-24(11-8-20)23(28)25-12-14-29-15-13-25/h4,6,17,20-21,27H,2-3,5,7-16H2,1H3. The van der Waals surface area contributed by atoms with E-state index in [0.717, 1.165) is 64.8 Å². The highest BCUT2D eigenvalue weighted by atomic mass is 16.5.